The van der Waals surface area contributed by atoms with Crippen molar-refractivity contribution in [1.82, 2.24) is 4.90 Å². The van der Waals surface area contributed by atoms with E-state index in [0.29, 0.717) is 11.3 Å². The fraction of sp³-hybridized carbons (Fsp3) is 0.381. The van der Waals surface area contributed by atoms with Crippen molar-refractivity contribution in [2.24, 2.45) is 0 Å². The van der Waals surface area contributed by atoms with Crippen LogP contribution < -0.4 is 4.74 Å². The highest BCUT2D eigenvalue weighted by molar-refractivity contribution is 5.95. The van der Waals surface area contributed by atoms with Crippen molar-refractivity contribution in [3.8, 4) is 16.9 Å². The summed E-state index contributed by atoms with van der Waals surface area (Å²) >= 11 is 0. The van der Waals surface area contributed by atoms with Crippen LogP contribution in [0.5, 0.6) is 5.75 Å². The number of amides is 1. The van der Waals surface area contributed by atoms with Gasteiger partial charge in [-0.1, -0.05) is 24.3 Å². The largest absolute Gasteiger partial charge is 0.462 e. The lowest BCUT2D eigenvalue weighted by Crippen LogP contribution is -2.60. The van der Waals surface area contributed by atoms with Gasteiger partial charge in [-0.3, -0.25) is 4.79 Å². The minimum absolute atomic E-state index is 0.0885. The van der Waals surface area contributed by atoms with E-state index in [-0.39, 0.29) is 5.91 Å². The van der Waals surface area contributed by atoms with Crippen LogP contribution >= 0.6 is 0 Å². The average Bonchev–Trinajstić information content (AvgIpc) is 2.74. The lowest BCUT2D eigenvalue weighted by molar-refractivity contribution is -0.277. The van der Waals surface area contributed by atoms with Gasteiger partial charge in [0.25, 0.3) is 5.91 Å². The minimum Gasteiger partial charge on any atom is -0.462 e. The van der Waals surface area contributed by atoms with Crippen molar-refractivity contribution < 1.29 is 34.7 Å². The number of aliphatic hydroxyl groups is 4. The van der Waals surface area contributed by atoms with Gasteiger partial charge in [-0.15, -0.1) is 0 Å². The Morgan fingerprint density at radius 1 is 1.00 bits per heavy atom. The van der Waals surface area contributed by atoms with Crippen molar-refractivity contribution in [3.63, 3.8) is 0 Å². The molecule has 29 heavy (non-hydrogen) atoms. The predicted molar refractivity (Wildman–Crippen MR) is 104 cm³/mol. The molecule has 8 nitrogen and oxygen atoms in total. The van der Waals surface area contributed by atoms with Gasteiger partial charge in [-0.2, -0.15) is 0 Å². The third kappa shape index (κ3) is 4.58. The number of rotatable bonds is 5. The number of aliphatic hydroxyl groups excluding tert-OH is 4. The quantitative estimate of drug-likeness (QED) is 0.564. The Bertz CT molecular complexity index is 837. The second-order valence-electron chi connectivity index (χ2n) is 7.12. The molecule has 1 amide bonds. The maximum absolute atomic E-state index is 12.1. The molecule has 8 heteroatoms. The molecule has 4 N–H and O–H groups in total. The van der Waals surface area contributed by atoms with Crippen LogP contribution in [0, 0.1) is 0 Å². The number of benzene rings is 2. The zero-order valence-electron chi connectivity index (χ0n) is 16.2. The molecule has 3 rings (SSSR count). The monoisotopic (exact) mass is 403 g/mol. The summed E-state index contributed by atoms with van der Waals surface area (Å²) in [7, 11) is 3.39. The molecule has 2 aromatic carbocycles. The van der Waals surface area contributed by atoms with Gasteiger partial charge < -0.3 is 34.8 Å². The fourth-order valence-electron chi connectivity index (χ4n) is 3.11. The van der Waals surface area contributed by atoms with E-state index in [1.54, 1.807) is 50.5 Å². The molecule has 5 unspecified atom stereocenters. The van der Waals surface area contributed by atoms with Crippen LogP contribution in [0.15, 0.2) is 48.5 Å². The molecule has 1 aliphatic rings. The summed E-state index contributed by atoms with van der Waals surface area (Å²) in [4.78, 5) is 13.7. The highest BCUT2D eigenvalue weighted by atomic mass is 16.7. The summed E-state index contributed by atoms with van der Waals surface area (Å²) in [5.41, 5.74) is 2.30. The first kappa shape index (κ1) is 21.2. The molecule has 0 aliphatic carbocycles. The normalized spacial score (nSPS) is 26.8. The summed E-state index contributed by atoms with van der Waals surface area (Å²) < 4.78 is 10.9. The molecule has 0 saturated carbocycles. The van der Waals surface area contributed by atoms with Crippen molar-refractivity contribution in [3.05, 3.63) is 54.1 Å². The number of ether oxygens (including phenoxy) is 2. The van der Waals surface area contributed by atoms with E-state index in [0.717, 1.165) is 11.1 Å². The summed E-state index contributed by atoms with van der Waals surface area (Å²) in [6.45, 7) is -0.522. The number of carbonyl (C=O) groups excluding carboxylic acids is 1. The summed E-state index contributed by atoms with van der Waals surface area (Å²) in [5, 5.41) is 39.0. The third-order valence-corrected chi connectivity index (χ3v) is 4.80. The van der Waals surface area contributed by atoms with Gasteiger partial charge >= 0.3 is 0 Å². The molecular formula is C21H25NO7. The van der Waals surface area contributed by atoms with E-state index in [2.05, 4.69) is 0 Å². The Labute approximate surface area is 168 Å². The highest BCUT2D eigenvalue weighted by Crippen LogP contribution is 2.27. The molecule has 0 aromatic heterocycles. The first-order valence-electron chi connectivity index (χ1n) is 9.21. The van der Waals surface area contributed by atoms with Crippen LogP contribution in [0.4, 0.5) is 0 Å². The Balaban J connectivity index is 1.74. The minimum atomic E-state index is -1.50. The van der Waals surface area contributed by atoms with E-state index < -0.39 is 37.3 Å². The molecule has 1 heterocycles. The lowest BCUT2D eigenvalue weighted by Gasteiger charge is -2.39. The molecular weight excluding hydrogens is 378 g/mol. The smallest absolute Gasteiger partial charge is 0.253 e. The van der Waals surface area contributed by atoms with Gasteiger partial charge in [0.15, 0.2) is 0 Å². The van der Waals surface area contributed by atoms with E-state index in [1.807, 2.05) is 12.1 Å². The Morgan fingerprint density at radius 2 is 1.69 bits per heavy atom. The van der Waals surface area contributed by atoms with Crippen molar-refractivity contribution in [2.75, 3.05) is 20.7 Å². The first-order valence-corrected chi connectivity index (χ1v) is 9.21. The molecule has 1 fully saturated rings. The van der Waals surface area contributed by atoms with Crippen molar-refractivity contribution in [1.29, 1.82) is 0 Å². The van der Waals surface area contributed by atoms with Crippen LogP contribution in [-0.2, 0) is 4.74 Å². The Hall–Kier alpha value is -2.49. The first-order chi connectivity index (χ1) is 13.8. The van der Waals surface area contributed by atoms with Crippen LogP contribution in [0.3, 0.4) is 0 Å². The summed E-state index contributed by atoms with van der Waals surface area (Å²) in [6.07, 6.45) is -6.68. The highest BCUT2D eigenvalue weighted by Gasteiger charge is 2.44. The number of carbonyl (C=O) groups is 1. The molecule has 5 atom stereocenters. The molecule has 0 spiro atoms. The third-order valence-electron chi connectivity index (χ3n) is 4.80. The van der Waals surface area contributed by atoms with Crippen molar-refractivity contribution in [2.45, 2.75) is 30.7 Å². The molecule has 156 valence electrons. The SMILES string of the molecule is CN(C)C(=O)c1cccc(-c2ccc(OC3OC(CO)C(O)C(O)C3O)cc2)c1. The average molecular weight is 403 g/mol. The van der Waals surface area contributed by atoms with Gasteiger partial charge in [0.1, 0.15) is 30.2 Å². The number of hydrogen-bond donors (Lipinski definition) is 4. The van der Waals surface area contributed by atoms with Gasteiger partial charge in [0, 0.05) is 19.7 Å². The summed E-state index contributed by atoms with van der Waals surface area (Å²) in [6, 6.07) is 14.2. The van der Waals surface area contributed by atoms with Gasteiger partial charge in [0.05, 0.1) is 6.61 Å². The standard InChI is InChI=1S/C21H25NO7/c1-22(2)20(27)14-5-3-4-13(10-14)12-6-8-15(9-7-12)28-21-19(26)18(25)17(24)16(11-23)29-21/h3-10,16-19,21,23-26H,11H2,1-2H3. The predicted octanol–water partition coefficient (Wildman–Crippen LogP) is 0.234. The second kappa shape index (κ2) is 8.89. The van der Waals surface area contributed by atoms with Crippen LogP contribution in [0.1, 0.15) is 10.4 Å². The molecule has 1 saturated heterocycles. The lowest BCUT2D eigenvalue weighted by atomic mass is 9.99. The molecule has 2 aromatic rings. The van der Waals surface area contributed by atoms with E-state index >= 15 is 0 Å². The second-order valence-corrected chi connectivity index (χ2v) is 7.12. The number of nitrogens with zero attached hydrogens (tertiary/aromatic N) is 1. The summed E-state index contributed by atoms with van der Waals surface area (Å²) in [5.74, 6) is 0.285. The van der Waals surface area contributed by atoms with Crippen LogP contribution in [0.2, 0.25) is 0 Å². The van der Waals surface area contributed by atoms with Crippen molar-refractivity contribution >= 4 is 5.91 Å². The molecule has 1 aliphatic heterocycles. The van der Waals surface area contributed by atoms with Gasteiger partial charge in [0.2, 0.25) is 6.29 Å². The zero-order valence-corrected chi connectivity index (χ0v) is 16.2. The Morgan fingerprint density at radius 3 is 2.31 bits per heavy atom. The van der Waals surface area contributed by atoms with E-state index in [1.165, 1.54) is 4.90 Å². The zero-order chi connectivity index (χ0) is 21.1. The topological polar surface area (TPSA) is 120 Å². The van der Waals surface area contributed by atoms with E-state index in [4.69, 9.17) is 9.47 Å². The fourth-order valence-corrected chi connectivity index (χ4v) is 3.11. The Kier molecular flexibility index (Phi) is 6.51. The van der Waals surface area contributed by atoms with Crippen LogP contribution in [0.25, 0.3) is 11.1 Å². The van der Waals surface area contributed by atoms with Crippen LogP contribution in [-0.4, -0.2) is 82.6 Å². The van der Waals surface area contributed by atoms with E-state index in [9.17, 15) is 25.2 Å². The maximum atomic E-state index is 12.1. The molecule has 0 bridgehead atoms. The van der Waals surface area contributed by atoms with Gasteiger partial charge in [-0.05, 0) is 35.4 Å². The molecule has 0 radical (unpaired) electrons. The maximum Gasteiger partial charge on any atom is 0.253 e. The number of hydrogen-bond acceptors (Lipinski definition) is 7. The van der Waals surface area contributed by atoms with Gasteiger partial charge in [-0.25, -0.2) is 0 Å².